The summed E-state index contributed by atoms with van der Waals surface area (Å²) < 4.78 is 8.43. The maximum atomic E-state index is 6.19. The van der Waals surface area contributed by atoms with Crippen LogP contribution in [0.5, 0.6) is 0 Å². The monoisotopic (exact) mass is 333 g/mol. The van der Waals surface area contributed by atoms with Crippen LogP contribution < -0.4 is 15.7 Å². The molecule has 0 unspecified atom stereocenters. The molecule has 128 valence electrons. The molecule has 1 heterocycles. The molecular formula is C21H23N3O. The van der Waals surface area contributed by atoms with Gasteiger partial charge in [0.05, 0.1) is 6.07 Å². The minimum Gasteiger partial charge on any atom is -0.452 e. The van der Waals surface area contributed by atoms with Gasteiger partial charge in [-0.1, -0.05) is 24.3 Å². The van der Waals surface area contributed by atoms with Crippen LogP contribution in [0.1, 0.15) is 13.8 Å². The first-order valence-electron chi connectivity index (χ1n) is 8.31. The molecule has 1 aliphatic carbocycles. The smallest absolute Gasteiger partial charge is 0.203 e. The van der Waals surface area contributed by atoms with Crippen molar-refractivity contribution < 1.29 is 4.42 Å². The largest absolute Gasteiger partial charge is 0.452 e. The Kier molecular flexibility index (Phi) is 4.45. The fraction of sp³-hybridized carbons (Fsp3) is 0.190. The Morgan fingerprint density at radius 1 is 1.00 bits per heavy atom. The second-order valence-electron chi connectivity index (χ2n) is 5.90. The Labute approximate surface area is 147 Å². The quantitative estimate of drug-likeness (QED) is 0.199. The second kappa shape index (κ2) is 6.55. The van der Waals surface area contributed by atoms with Crippen LogP contribution >= 0.6 is 0 Å². The van der Waals surface area contributed by atoms with Crippen LogP contribution in [0, 0.1) is 7.43 Å². The minimum absolute atomic E-state index is 0. The van der Waals surface area contributed by atoms with Crippen molar-refractivity contribution in [3.8, 4) is 11.5 Å². The first-order chi connectivity index (χ1) is 11.7. The van der Waals surface area contributed by atoms with Crippen molar-refractivity contribution in [2.45, 2.75) is 13.8 Å². The molecule has 0 amide bonds. The molecule has 4 rings (SSSR count). The van der Waals surface area contributed by atoms with Crippen LogP contribution in [0.2, 0.25) is 0 Å². The van der Waals surface area contributed by atoms with E-state index in [1.807, 2.05) is 36.4 Å². The Balaban J connectivity index is 0.00000182. The minimum atomic E-state index is 0. The summed E-state index contributed by atoms with van der Waals surface area (Å²) in [5.74, 6) is 0.779. The third-order valence-corrected chi connectivity index (χ3v) is 4.54. The van der Waals surface area contributed by atoms with Crippen molar-refractivity contribution in [3.05, 3.63) is 61.3 Å². The number of rotatable bonds is 2. The van der Waals surface area contributed by atoms with Crippen molar-refractivity contribution >= 4 is 27.6 Å². The third kappa shape index (κ3) is 2.74. The van der Waals surface area contributed by atoms with E-state index >= 15 is 0 Å². The molecule has 0 spiro atoms. The van der Waals surface area contributed by atoms with E-state index in [0.717, 1.165) is 51.8 Å². The van der Waals surface area contributed by atoms with Gasteiger partial charge in [-0.25, -0.2) is 9.56 Å². The van der Waals surface area contributed by atoms with Crippen LogP contribution in [-0.4, -0.2) is 18.1 Å². The van der Waals surface area contributed by atoms with Gasteiger partial charge in [0.2, 0.25) is 5.36 Å². The van der Waals surface area contributed by atoms with Crippen LogP contribution in [0.3, 0.4) is 0 Å². The molecule has 2 N–H and O–H groups in total. The van der Waals surface area contributed by atoms with E-state index in [9.17, 15) is 0 Å². The van der Waals surface area contributed by atoms with Gasteiger partial charge in [-0.2, -0.15) is 0 Å². The summed E-state index contributed by atoms with van der Waals surface area (Å²) in [4.78, 5) is 4.83. The second-order valence-corrected chi connectivity index (χ2v) is 5.90. The highest BCUT2D eigenvalue weighted by Gasteiger charge is 2.14. The number of nitrogens with two attached hydrogens (primary N) is 1. The molecule has 1 aliphatic heterocycles. The molecule has 0 fully saturated rings. The van der Waals surface area contributed by atoms with Gasteiger partial charge in [-0.05, 0) is 19.9 Å². The number of hydrogen-bond donors (Lipinski definition) is 1. The molecule has 0 radical (unpaired) electrons. The van der Waals surface area contributed by atoms with Crippen molar-refractivity contribution in [2.75, 3.05) is 18.8 Å². The van der Waals surface area contributed by atoms with Crippen LogP contribution in [0.15, 0.2) is 52.9 Å². The van der Waals surface area contributed by atoms with Crippen molar-refractivity contribution in [1.29, 1.82) is 0 Å². The summed E-state index contributed by atoms with van der Waals surface area (Å²) in [5, 5.41) is 3.17. The zero-order valence-electron chi connectivity index (χ0n) is 14.9. The number of anilines is 1. The molecule has 0 saturated carbocycles. The van der Waals surface area contributed by atoms with Gasteiger partial charge in [0.25, 0.3) is 0 Å². The fourth-order valence-corrected chi connectivity index (χ4v) is 3.26. The fourth-order valence-electron chi connectivity index (χ4n) is 3.26. The lowest BCUT2D eigenvalue weighted by molar-refractivity contribution is 0.600. The predicted octanol–water partition coefficient (Wildman–Crippen LogP) is 3.93. The molecular weight excluding hydrogens is 310 g/mol. The number of fused-ring (bicyclic) bond motifs is 4. The SMILES string of the molecule is CC[N+](CC)=c1ccc2nc3c(cc(N)c4ccccc43)oc-2c1.[CH3-]. The summed E-state index contributed by atoms with van der Waals surface area (Å²) in [5.41, 5.74) is 9.33. The van der Waals surface area contributed by atoms with Gasteiger partial charge in [0.15, 0.2) is 11.3 Å². The molecule has 4 nitrogen and oxygen atoms in total. The van der Waals surface area contributed by atoms with Crippen LogP contribution in [0.4, 0.5) is 5.69 Å². The molecule has 2 aromatic carbocycles. The summed E-state index contributed by atoms with van der Waals surface area (Å²) >= 11 is 0. The van der Waals surface area contributed by atoms with E-state index in [-0.39, 0.29) is 7.43 Å². The number of benzene rings is 3. The molecule has 0 aromatic heterocycles. The van der Waals surface area contributed by atoms with Gasteiger partial charge in [-0.3, -0.25) is 0 Å². The highest BCUT2D eigenvalue weighted by Crippen LogP contribution is 2.32. The zero-order valence-corrected chi connectivity index (χ0v) is 14.9. The van der Waals surface area contributed by atoms with Crippen molar-refractivity contribution in [1.82, 2.24) is 9.56 Å². The molecule has 0 atom stereocenters. The van der Waals surface area contributed by atoms with E-state index in [1.54, 1.807) is 0 Å². The van der Waals surface area contributed by atoms with Gasteiger partial charge >= 0.3 is 0 Å². The lowest BCUT2D eigenvalue weighted by Gasteiger charge is -2.10. The highest BCUT2D eigenvalue weighted by molar-refractivity contribution is 6.09. The summed E-state index contributed by atoms with van der Waals surface area (Å²) in [6.07, 6.45) is 0. The van der Waals surface area contributed by atoms with E-state index in [0.29, 0.717) is 5.69 Å². The molecule has 0 saturated heterocycles. The summed E-state index contributed by atoms with van der Waals surface area (Å²) in [6.45, 7) is 6.22. The lowest BCUT2D eigenvalue weighted by Crippen LogP contribution is -2.29. The zero-order chi connectivity index (χ0) is 16.7. The van der Waals surface area contributed by atoms with Gasteiger partial charge in [0, 0.05) is 28.6 Å². The normalized spacial score (nSPS) is 11.0. The van der Waals surface area contributed by atoms with Crippen molar-refractivity contribution in [3.63, 3.8) is 0 Å². The Bertz CT molecular complexity index is 1090. The standard InChI is InChI=1S/C20H19N3O.CH3/c1-3-23(4-2)13-9-10-17-18(11-13)24-19-12-16(21)14-7-5-6-8-15(14)20(19)22-17;/h5-12,21H,3-4H2,1-2H3;1H3/q;-1/p+1. The topological polar surface area (TPSA) is 55.1 Å². The first-order valence-corrected chi connectivity index (χ1v) is 8.31. The Hall–Kier alpha value is -2.88. The Morgan fingerprint density at radius 2 is 1.72 bits per heavy atom. The number of hydrogen-bond acceptors (Lipinski definition) is 3. The number of nitrogens with zero attached hydrogens (tertiary/aromatic N) is 2. The van der Waals surface area contributed by atoms with Crippen LogP contribution in [-0.2, 0) is 0 Å². The van der Waals surface area contributed by atoms with E-state index in [2.05, 4.69) is 30.6 Å². The summed E-state index contributed by atoms with van der Waals surface area (Å²) in [6, 6.07) is 16.1. The van der Waals surface area contributed by atoms with E-state index in [4.69, 9.17) is 15.1 Å². The van der Waals surface area contributed by atoms with Crippen LogP contribution in [0.25, 0.3) is 33.3 Å². The maximum absolute atomic E-state index is 6.19. The van der Waals surface area contributed by atoms with Gasteiger partial charge in [0.1, 0.15) is 24.3 Å². The van der Waals surface area contributed by atoms with E-state index in [1.165, 1.54) is 0 Å². The number of aromatic nitrogens is 1. The molecule has 0 bridgehead atoms. The number of nitrogen functional groups attached to an aromatic ring is 1. The molecule has 4 heteroatoms. The predicted molar refractivity (Wildman–Crippen MR) is 105 cm³/mol. The molecule has 2 aliphatic rings. The average Bonchev–Trinajstić information content (AvgIpc) is 2.62. The van der Waals surface area contributed by atoms with Gasteiger partial charge in [-0.15, -0.1) is 0 Å². The van der Waals surface area contributed by atoms with Gasteiger partial charge < -0.3 is 17.6 Å². The highest BCUT2D eigenvalue weighted by atomic mass is 16.3. The van der Waals surface area contributed by atoms with E-state index < -0.39 is 0 Å². The average molecular weight is 333 g/mol. The Morgan fingerprint density at radius 3 is 2.44 bits per heavy atom. The first kappa shape index (κ1) is 17.0. The lowest BCUT2D eigenvalue weighted by atomic mass is 10.1. The third-order valence-electron chi connectivity index (χ3n) is 4.54. The summed E-state index contributed by atoms with van der Waals surface area (Å²) in [7, 11) is 0. The maximum Gasteiger partial charge on any atom is 0.203 e. The van der Waals surface area contributed by atoms with Crippen molar-refractivity contribution in [2.24, 2.45) is 0 Å². The molecule has 2 aromatic rings. The molecule has 25 heavy (non-hydrogen) atoms.